The topological polar surface area (TPSA) is 79.5 Å². The largest absolute Gasteiger partial charge is 0.334 e. The van der Waals surface area contributed by atoms with Crippen molar-refractivity contribution in [3.8, 4) is 11.5 Å². The highest BCUT2D eigenvalue weighted by atomic mass is 35.5. The fourth-order valence-corrected chi connectivity index (χ4v) is 5.09. The van der Waals surface area contributed by atoms with Crippen molar-refractivity contribution in [1.82, 2.24) is 19.3 Å². The summed E-state index contributed by atoms with van der Waals surface area (Å²) in [6.45, 7) is 2.05. The van der Waals surface area contributed by atoms with Gasteiger partial charge in [0, 0.05) is 31.2 Å². The van der Waals surface area contributed by atoms with Crippen molar-refractivity contribution in [2.24, 2.45) is 0 Å². The van der Waals surface area contributed by atoms with E-state index in [4.69, 9.17) is 27.7 Å². The molecule has 0 aliphatic carbocycles. The Kier molecular flexibility index (Phi) is 6.08. The average molecular weight is 471 g/mol. The fraction of sp³-hybridized carbons (Fsp3) is 0.263. The van der Waals surface area contributed by atoms with Crippen LogP contribution in [0, 0.1) is 5.82 Å². The highest BCUT2D eigenvalue weighted by molar-refractivity contribution is 7.89. The maximum absolute atomic E-state index is 13.1. The first-order chi connectivity index (χ1) is 14.3. The highest BCUT2D eigenvalue weighted by Crippen LogP contribution is 2.29. The van der Waals surface area contributed by atoms with E-state index in [-0.39, 0.29) is 4.90 Å². The molecule has 30 heavy (non-hydrogen) atoms. The predicted octanol–water partition coefficient (Wildman–Crippen LogP) is 3.69. The Hall–Kier alpha value is -2.04. The zero-order valence-electron chi connectivity index (χ0n) is 15.6. The van der Waals surface area contributed by atoms with Crippen LogP contribution in [0.2, 0.25) is 10.0 Å². The van der Waals surface area contributed by atoms with Gasteiger partial charge in [-0.2, -0.15) is 9.29 Å². The minimum Gasteiger partial charge on any atom is -0.334 e. The van der Waals surface area contributed by atoms with Crippen LogP contribution in [0.15, 0.2) is 51.9 Å². The van der Waals surface area contributed by atoms with E-state index >= 15 is 0 Å². The van der Waals surface area contributed by atoms with E-state index in [1.54, 1.807) is 18.2 Å². The summed E-state index contributed by atoms with van der Waals surface area (Å²) in [5.41, 5.74) is 0.593. The molecular formula is C19H17Cl2FN4O3S. The molecule has 0 unspecified atom stereocenters. The number of halogens is 3. The number of sulfonamides is 1. The van der Waals surface area contributed by atoms with Crippen molar-refractivity contribution in [2.45, 2.75) is 11.4 Å². The Morgan fingerprint density at radius 2 is 1.73 bits per heavy atom. The van der Waals surface area contributed by atoms with Crippen molar-refractivity contribution in [3.63, 3.8) is 0 Å². The molecule has 0 bridgehead atoms. The van der Waals surface area contributed by atoms with Gasteiger partial charge in [-0.05, 0) is 42.5 Å². The monoisotopic (exact) mass is 470 g/mol. The van der Waals surface area contributed by atoms with E-state index in [9.17, 15) is 12.8 Å². The van der Waals surface area contributed by atoms with E-state index in [0.29, 0.717) is 60.0 Å². The van der Waals surface area contributed by atoms with E-state index in [0.717, 1.165) is 12.1 Å². The molecule has 11 heteroatoms. The molecule has 0 radical (unpaired) electrons. The third-order valence-electron chi connectivity index (χ3n) is 4.78. The lowest BCUT2D eigenvalue weighted by molar-refractivity contribution is 0.176. The summed E-state index contributed by atoms with van der Waals surface area (Å²) in [6, 6.07) is 9.84. The van der Waals surface area contributed by atoms with Crippen LogP contribution in [-0.2, 0) is 16.6 Å². The highest BCUT2D eigenvalue weighted by Gasteiger charge is 2.29. The van der Waals surface area contributed by atoms with Crippen LogP contribution in [0.4, 0.5) is 4.39 Å². The number of hydrogen-bond donors (Lipinski definition) is 0. The molecule has 2 aromatic carbocycles. The summed E-state index contributed by atoms with van der Waals surface area (Å²) in [4.78, 5) is 6.49. The number of aromatic nitrogens is 2. The smallest absolute Gasteiger partial charge is 0.259 e. The SMILES string of the molecule is O=S(=O)(c1ccc(F)cc1)N1CCN(Cc2noc(-c3ccc(Cl)cc3Cl)n2)CC1. The van der Waals surface area contributed by atoms with Crippen molar-refractivity contribution >= 4 is 33.2 Å². The van der Waals surface area contributed by atoms with Gasteiger partial charge in [-0.1, -0.05) is 28.4 Å². The molecule has 0 atom stereocenters. The van der Waals surface area contributed by atoms with Crippen molar-refractivity contribution in [2.75, 3.05) is 26.2 Å². The van der Waals surface area contributed by atoms with E-state index in [2.05, 4.69) is 10.1 Å². The van der Waals surface area contributed by atoms with Gasteiger partial charge in [-0.25, -0.2) is 12.8 Å². The molecule has 7 nitrogen and oxygen atoms in total. The Morgan fingerprint density at radius 1 is 1.03 bits per heavy atom. The van der Waals surface area contributed by atoms with Gasteiger partial charge in [-0.3, -0.25) is 4.90 Å². The lowest BCUT2D eigenvalue weighted by Gasteiger charge is -2.33. The predicted molar refractivity (Wildman–Crippen MR) is 110 cm³/mol. The number of benzene rings is 2. The van der Waals surface area contributed by atoms with Gasteiger partial charge >= 0.3 is 0 Å². The first-order valence-electron chi connectivity index (χ1n) is 9.09. The molecule has 2 heterocycles. The maximum atomic E-state index is 13.1. The zero-order chi connectivity index (χ0) is 21.3. The van der Waals surface area contributed by atoms with Gasteiger partial charge in [0.25, 0.3) is 5.89 Å². The van der Waals surface area contributed by atoms with Gasteiger partial charge < -0.3 is 4.52 Å². The second kappa shape index (κ2) is 8.60. The van der Waals surface area contributed by atoms with E-state index in [1.807, 2.05) is 4.90 Å². The molecule has 3 aromatic rings. The van der Waals surface area contributed by atoms with Crippen LogP contribution >= 0.6 is 23.2 Å². The molecule has 0 N–H and O–H groups in total. The van der Waals surface area contributed by atoms with Crippen molar-refractivity contribution in [3.05, 3.63) is 64.2 Å². The Bertz CT molecular complexity index is 1150. The molecule has 158 valence electrons. The molecule has 4 rings (SSSR count). The van der Waals surface area contributed by atoms with Gasteiger partial charge in [-0.15, -0.1) is 0 Å². The van der Waals surface area contributed by atoms with Gasteiger partial charge in [0.15, 0.2) is 5.82 Å². The third kappa shape index (κ3) is 4.50. The number of hydrogen-bond acceptors (Lipinski definition) is 6. The molecule has 1 saturated heterocycles. The van der Waals surface area contributed by atoms with Crippen LogP contribution in [0.25, 0.3) is 11.5 Å². The van der Waals surface area contributed by atoms with Crippen LogP contribution in [0.1, 0.15) is 5.82 Å². The number of rotatable bonds is 5. The second-order valence-electron chi connectivity index (χ2n) is 6.77. The van der Waals surface area contributed by atoms with Crippen molar-refractivity contribution in [1.29, 1.82) is 0 Å². The van der Waals surface area contributed by atoms with Gasteiger partial charge in [0.1, 0.15) is 5.82 Å². The summed E-state index contributed by atoms with van der Waals surface area (Å²) in [5.74, 6) is 0.299. The Labute approximate surface area is 183 Å². The molecule has 1 aliphatic rings. The Morgan fingerprint density at radius 3 is 2.40 bits per heavy atom. The molecule has 1 aliphatic heterocycles. The van der Waals surface area contributed by atoms with Crippen LogP contribution < -0.4 is 0 Å². The molecule has 0 spiro atoms. The standard InChI is InChI=1S/C19H17Cl2FN4O3S/c20-13-1-6-16(17(21)11-13)19-23-18(24-29-19)12-25-7-9-26(10-8-25)30(27,28)15-4-2-14(22)3-5-15/h1-6,11H,7-10,12H2. The van der Waals surface area contributed by atoms with E-state index in [1.165, 1.54) is 16.4 Å². The quantitative estimate of drug-likeness (QED) is 0.565. The summed E-state index contributed by atoms with van der Waals surface area (Å²) >= 11 is 12.1. The summed E-state index contributed by atoms with van der Waals surface area (Å²) in [5, 5.41) is 4.91. The van der Waals surface area contributed by atoms with E-state index < -0.39 is 15.8 Å². The first-order valence-corrected chi connectivity index (χ1v) is 11.3. The summed E-state index contributed by atoms with van der Waals surface area (Å²) in [7, 11) is -3.65. The van der Waals surface area contributed by atoms with Gasteiger partial charge in [0.2, 0.25) is 10.0 Å². The molecule has 0 saturated carbocycles. The van der Waals surface area contributed by atoms with Gasteiger partial charge in [0.05, 0.1) is 22.0 Å². The fourth-order valence-electron chi connectivity index (χ4n) is 3.17. The average Bonchev–Trinajstić information content (AvgIpc) is 3.17. The van der Waals surface area contributed by atoms with Crippen LogP contribution in [0.5, 0.6) is 0 Å². The minimum atomic E-state index is -3.65. The Balaban J connectivity index is 1.38. The molecule has 0 amide bonds. The summed E-state index contributed by atoms with van der Waals surface area (Å²) in [6.07, 6.45) is 0. The normalized spacial score (nSPS) is 16.1. The lowest BCUT2D eigenvalue weighted by atomic mass is 10.2. The second-order valence-corrected chi connectivity index (χ2v) is 9.56. The zero-order valence-corrected chi connectivity index (χ0v) is 18.0. The lowest BCUT2D eigenvalue weighted by Crippen LogP contribution is -2.48. The third-order valence-corrected chi connectivity index (χ3v) is 7.24. The number of piperazine rings is 1. The maximum Gasteiger partial charge on any atom is 0.259 e. The molecular weight excluding hydrogens is 454 g/mol. The van der Waals surface area contributed by atoms with Crippen LogP contribution in [0.3, 0.4) is 0 Å². The minimum absolute atomic E-state index is 0.0833. The number of nitrogens with zero attached hydrogens (tertiary/aromatic N) is 4. The van der Waals surface area contributed by atoms with Crippen molar-refractivity contribution < 1.29 is 17.3 Å². The first kappa shape index (κ1) is 21.2. The summed E-state index contributed by atoms with van der Waals surface area (Å²) < 4.78 is 45.2. The molecule has 1 fully saturated rings. The van der Waals surface area contributed by atoms with Crippen LogP contribution in [-0.4, -0.2) is 53.9 Å². The molecule has 1 aromatic heterocycles.